The monoisotopic (exact) mass is 388 g/mol. The van der Waals surface area contributed by atoms with Crippen LogP contribution in [0.25, 0.3) is 23.1 Å². The summed E-state index contributed by atoms with van der Waals surface area (Å²) >= 11 is 1.60. The molecule has 4 rings (SSSR count). The van der Waals surface area contributed by atoms with Crippen LogP contribution in [0.2, 0.25) is 0 Å². The molecule has 0 fully saturated rings. The van der Waals surface area contributed by atoms with Gasteiger partial charge in [0.05, 0.1) is 28.8 Å². The lowest BCUT2D eigenvalue weighted by Gasteiger charge is -2.09. The third-order valence-corrected chi connectivity index (χ3v) is 5.49. The van der Waals surface area contributed by atoms with Crippen molar-refractivity contribution in [1.29, 1.82) is 0 Å². The minimum absolute atomic E-state index is 0.0329. The zero-order valence-electron chi connectivity index (χ0n) is 15.7. The number of nitrogens with zero attached hydrogens (tertiary/aromatic N) is 2. The van der Waals surface area contributed by atoms with Gasteiger partial charge < -0.3 is 5.32 Å². The molecule has 4 aromatic rings. The number of aryl methyl sites for hydroxylation is 2. The topological polar surface area (TPSA) is 70.7 Å². The number of benzene rings is 2. The molecule has 1 amide bonds. The molecule has 0 bridgehead atoms. The van der Waals surface area contributed by atoms with E-state index in [1.54, 1.807) is 11.3 Å². The average molecular weight is 388 g/mol. The molecule has 2 aromatic carbocycles. The van der Waals surface area contributed by atoms with Gasteiger partial charge in [-0.05, 0) is 49.3 Å². The smallest absolute Gasteiger partial charge is 0.228 e. The summed E-state index contributed by atoms with van der Waals surface area (Å²) in [4.78, 5) is 17.8. The van der Waals surface area contributed by atoms with Crippen molar-refractivity contribution in [2.75, 3.05) is 5.32 Å². The zero-order valence-corrected chi connectivity index (χ0v) is 16.5. The highest BCUT2D eigenvalue weighted by atomic mass is 32.1. The van der Waals surface area contributed by atoms with Crippen LogP contribution in [0.5, 0.6) is 0 Å². The molecule has 0 aliphatic rings. The Hall–Kier alpha value is -3.25. The summed E-state index contributed by atoms with van der Waals surface area (Å²) in [6.45, 7) is 3.97. The number of aromatic nitrogens is 3. The van der Waals surface area contributed by atoms with E-state index in [1.165, 1.54) is 0 Å². The number of hydrogen-bond donors (Lipinski definition) is 2. The molecule has 0 atom stereocenters. The van der Waals surface area contributed by atoms with Gasteiger partial charge >= 0.3 is 0 Å². The van der Waals surface area contributed by atoms with Gasteiger partial charge in [0.1, 0.15) is 0 Å². The molecule has 28 heavy (non-hydrogen) atoms. The normalized spacial score (nSPS) is 11.4. The number of amides is 1. The highest BCUT2D eigenvalue weighted by Gasteiger charge is 2.11. The van der Waals surface area contributed by atoms with Gasteiger partial charge in [-0.2, -0.15) is 5.10 Å². The zero-order chi connectivity index (χ0) is 19.5. The quantitative estimate of drug-likeness (QED) is 0.506. The molecule has 2 N–H and O–H groups in total. The predicted molar refractivity (Wildman–Crippen MR) is 115 cm³/mol. The number of aromatic amines is 1. The molecule has 0 saturated carbocycles. The highest BCUT2D eigenvalue weighted by molar-refractivity contribution is 7.10. The van der Waals surface area contributed by atoms with Crippen molar-refractivity contribution >= 4 is 46.0 Å². The van der Waals surface area contributed by atoms with Crippen molar-refractivity contribution in [2.45, 2.75) is 20.3 Å². The lowest BCUT2D eigenvalue weighted by Crippen LogP contribution is -2.15. The van der Waals surface area contributed by atoms with Crippen LogP contribution in [0.15, 0.2) is 48.0 Å². The fourth-order valence-electron chi connectivity index (χ4n) is 3.06. The van der Waals surface area contributed by atoms with Gasteiger partial charge in [-0.15, -0.1) is 11.3 Å². The van der Waals surface area contributed by atoms with Gasteiger partial charge in [0.15, 0.2) is 0 Å². The Morgan fingerprint density at radius 3 is 2.75 bits per heavy atom. The van der Waals surface area contributed by atoms with Crippen molar-refractivity contribution in [3.05, 3.63) is 75.4 Å². The van der Waals surface area contributed by atoms with Gasteiger partial charge in [-0.3, -0.25) is 9.89 Å². The maximum Gasteiger partial charge on any atom is 0.228 e. The number of rotatable bonds is 5. The first-order valence-electron chi connectivity index (χ1n) is 9.01. The van der Waals surface area contributed by atoms with Crippen molar-refractivity contribution in [2.24, 2.45) is 0 Å². The predicted octanol–water partition coefficient (Wildman–Crippen LogP) is 4.99. The van der Waals surface area contributed by atoms with Crippen LogP contribution in [-0.2, 0) is 11.2 Å². The maximum atomic E-state index is 12.5. The van der Waals surface area contributed by atoms with Gasteiger partial charge in [0, 0.05) is 16.0 Å². The number of H-pyrrole nitrogens is 1. The van der Waals surface area contributed by atoms with Crippen molar-refractivity contribution in [3.8, 4) is 0 Å². The number of hydrogen-bond acceptors (Lipinski definition) is 4. The Balaban J connectivity index is 1.59. The summed E-state index contributed by atoms with van der Waals surface area (Å²) in [6, 6.07) is 13.7. The van der Waals surface area contributed by atoms with E-state index in [-0.39, 0.29) is 5.91 Å². The summed E-state index contributed by atoms with van der Waals surface area (Å²) in [6.07, 6.45) is 4.35. The van der Waals surface area contributed by atoms with Crippen molar-refractivity contribution in [3.63, 3.8) is 0 Å². The van der Waals surface area contributed by atoms with Gasteiger partial charge in [0.2, 0.25) is 5.91 Å². The van der Waals surface area contributed by atoms with Gasteiger partial charge in [0.25, 0.3) is 0 Å². The lowest BCUT2D eigenvalue weighted by atomic mass is 10.1. The first-order valence-corrected chi connectivity index (χ1v) is 9.89. The van der Waals surface area contributed by atoms with Crippen LogP contribution < -0.4 is 5.32 Å². The Morgan fingerprint density at radius 2 is 2.00 bits per heavy atom. The fraction of sp³-hybridized carbons (Fsp3) is 0.136. The van der Waals surface area contributed by atoms with E-state index < -0.39 is 0 Å². The minimum Gasteiger partial charge on any atom is -0.326 e. The third kappa shape index (κ3) is 3.87. The molecule has 0 aliphatic carbocycles. The molecule has 0 aliphatic heterocycles. The Morgan fingerprint density at radius 1 is 1.18 bits per heavy atom. The van der Waals surface area contributed by atoms with E-state index in [1.807, 2.05) is 74.0 Å². The standard InChI is InChI=1S/C22H20N4OS/c1-14-10-20-17(18(25-26-20)8-9-21-15(2)23-13-28-21)12-19(14)24-22(27)11-16-6-4-3-5-7-16/h3-10,12-13H,11H2,1-2H3,(H,24,27)(H,25,26). The summed E-state index contributed by atoms with van der Waals surface area (Å²) < 4.78 is 0. The van der Waals surface area contributed by atoms with E-state index >= 15 is 0 Å². The van der Waals surface area contributed by atoms with Crippen LogP contribution >= 0.6 is 11.3 Å². The number of nitrogens with one attached hydrogen (secondary N) is 2. The first kappa shape index (κ1) is 18.1. The third-order valence-electron chi connectivity index (χ3n) is 4.59. The van der Waals surface area contributed by atoms with E-state index in [9.17, 15) is 4.79 Å². The summed E-state index contributed by atoms with van der Waals surface area (Å²) in [7, 11) is 0. The molecule has 0 spiro atoms. The Labute approximate surface area is 167 Å². The van der Waals surface area contributed by atoms with Crippen LogP contribution in [-0.4, -0.2) is 21.1 Å². The number of thiazole rings is 1. The van der Waals surface area contributed by atoms with E-state index in [0.717, 1.165) is 44.0 Å². The van der Waals surface area contributed by atoms with Crippen LogP contribution in [0.1, 0.15) is 27.4 Å². The van der Waals surface area contributed by atoms with E-state index in [0.29, 0.717) is 6.42 Å². The fourth-order valence-corrected chi connectivity index (χ4v) is 3.75. The minimum atomic E-state index is -0.0329. The van der Waals surface area contributed by atoms with Crippen LogP contribution in [0.4, 0.5) is 5.69 Å². The summed E-state index contributed by atoms with van der Waals surface area (Å²) in [5.74, 6) is -0.0329. The van der Waals surface area contributed by atoms with Crippen molar-refractivity contribution in [1.82, 2.24) is 15.2 Å². The van der Waals surface area contributed by atoms with E-state index in [4.69, 9.17) is 0 Å². The SMILES string of the molecule is Cc1cc2[nH]nc(C=Cc3scnc3C)c2cc1NC(=O)Cc1ccccc1. The molecule has 0 radical (unpaired) electrons. The summed E-state index contributed by atoms with van der Waals surface area (Å²) in [5.41, 5.74) is 7.41. The van der Waals surface area contributed by atoms with Crippen LogP contribution in [0, 0.1) is 13.8 Å². The van der Waals surface area contributed by atoms with Gasteiger partial charge in [-0.1, -0.05) is 30.3 Å². The van der Waals surface area contributed by atoms with Crippen LogP contribution in [0.3, 0.4) is 0 Å². The maximum absolute atomic E-state index is 12.5. The molecular formula is C22H20N4OS. The number of carbonyl (C=O) groups excluding carboxylic acids is 1. The molecule has 6 heteroatoms. The molecular weight excluding hydrogens is 368 g/mol. The molecule has 2 aromatic heterocycles. The average Bonchev–Trinajstić information content (AvgIpc) is 3.26. The molecule has 0 unspecified atom stereocenters. The number of carbonyl (C=O) groups is 1. The highest BCUT2D eigenvalue weighted by Crippen LogP contribution is 2.26. The second-order valence-electron chi connectivity index (χ2n) is 6.67. The Kier molecular flexibility index (Phi) is 5.04. The second kappa shape index (κ2) is 7.78. The van der Waals surface area contributed by atoms with Crippen molar-refractivity contribution < 1.29 is 4.79 Å². The molecule has 140 valence electrons. The lowest BCUT2D eigenvalue weighted by molar-refractivity contribution is -0.115. The van der Waals surface area contributed by atoms with E-state index in [2.05, 4.69) is 20.5 Å². The first-order chi connectivity index (χ1) is 13.6. The second-order valence-corrected chi connectivity index (χ2v) is 7.55. The molecule has 0 saturated heterocycles. The summed E-state index contributed by atoms with van der Waals surface area (Å²) in [5, 5.41) is 11.5. The largest absolute Gasteiger partial charge is 0.326 e. The Bertz CT molecular complexity index is 1160. The number of fused-ring (bicyclic) bond motifs is 1. The number of anilines is 1. The molecule has 5 nitrogen and oxygen atoms in total. The molecule has 2 heterocycles. The van der Waals surface area contributed by atoms with Gasteiger partial charge in [-0.25, -0.2) is 4.98 Å².